The van der Waals surface area contributed by atoms with E-state index in [2.05, 4.69) is 5.32 Å². The Balaban J connectivity index is 2.49. The number of benzene rings is 1. The summed E-state index contributed by atoms with van der Waals surface area (Å²) >= 11 is 0. The number of carbonyl (C=O) groups excluding carboxylic acids is 1. The van der Waals surface area contributed by atoms with E-state index in [0.29, 0.717) is 23.4 Å². The molecule has 1 unspecified atom stereocenters. The van der Waals surface area contributed by atoms with Crippen LogP contribution in [0.4, 0.5) is 0 Å². The van der Waals surface area contributed by atoms with Crippen molar-refractivity contribution in [1.82, 2.24) is 5.32 Å². The lowest BCUT2D eigenvalue weighted by Gasteiger charge is -2.29. The molecule has 1 aromatic carbocycles. The fourth-order valence-electron chi connectivity index (χ4n) is 2.85. The highest BCUT2D eigenvalue weighted by atomic mass is 16.5. The molecule has 2 rings (SSSR count). The summed E-state index contributed by atoms with van der Waals surface area (Å²) in [4.78, 5) is 23.8. The molecule has 0 spiro atoms. The van der Waals surface area contributed by atoms with Crippen LogP contribution in [0.2, 0.25) is 0 Å². The van der Waals surface area contributed by atoms with E-state index in [-0.39, 0.29) is 5.57 Å². The Morgan fingerprint density at radius 3 is 2.27 bits per heavy atom. The van der Waals surface area contributed by atoms with E-state index >= 15 is 0 Å². The maximum Gasteiger partial charge on any atom is 0.336 e. The fraction of sp³-hybridized carbons (Fsp3) is 0.294. The highest BCUT2D eigenvalue weighted by Crippen LogP contribution is 2.33. The first-order chi connectivity index (χ1) is 10.5. The quantitative estimate of drug-likeness (QED) is 0.834. The minimum Gasteiger partial charge on any atom is -0.478 e. The van der Waals surface area contributed by atoms with Gasteiger partial charge in [0.2, 0.25) is 0 Å². The average molecular weight is 301 g/mol. The second-order valence-corrected chi connectivity index (χ2v) is 5.24. The largest absolute Gasteiger partial charge is 0.478 e. The molecule has 0 bridgehead atoms. The van der Waals surface area contributed by atoms with E-state index < -0.39 is 17.9 Å². The maximum atomic E-state index is 12.1. The second-order valence-electron chi connectivity index (χ2n) is 5.24. The smallest absolute Gasteiger partial charge is 0.336 e. The summed E-state index contributed by atoms with van der Waals surface area (Å²) in [6.07, 6.45) is 0.434. The zero-order chi connectivity index (χ0) is 16.3. The third-order valence-electron chi connectivity index (χ3n) is 3.80. The van der Waals surface area contributed by atoms with E-state index in [4.69, 9.17) is 4.74 Å². The lowest BCUT2D eigenvalue weighted by atomic mass is 9.81. The number of methoxy groups -OCH3 is 1. The Kier molecular flexibility index (Phi) is 4.65. The van der Waals surface area contributed by atoms with Gasteiger partial charge in [-0.1, -0.05) is 30.3 Å². The molecular weight excluding hydrogens is 282 g/mol. The SMILES string of the molecule is COC(=O)C1=C(C)NC(C)=C(C(=O)O)C1Cc1ccccc1. The molecule has 1 heterocycles. The van der Waals surface area contributed by atoms with Crippen LogP contribution in [-0.2, 0) is 20.7 Å². The van der Waals surface area contributed by atoms with Crippen molar-refractivity contribution in [3.63, 3.8) is 0 Å². The van der Waals surface area contributed by atoms with Gasteiger partial charge in [-0.05, 0) is 25.8 Å². The zero-order valence-corrected chi connectivity index (χ0v) is 12.8. The standard InChI is InChI=1S/C17H19NO4/c1-10-14(16(19)20)13(9-12-7-5-4-6-8-12)15(11(2)18-10)17(21)22-3/h4-8,13,18H,9H2,1-3H3,(H,19,20). The molecule has 0 radical (unpaired) electrons. The number of ether oxygens (including phenoxy) is 1. The molecule has 5 nitrogen and oxygen atoms in total. The summed E-state index contributed by atoms with van der Waals surface area (Å²) in [5.74, 6) is -2.06. The Morgan fingerprint density at radius 2 is 1.73 bits per heavy atom. The van der Waals surface area contributed by atoms with Crippen molar-refractivity contribution in [3.8, 4) is 0 Å². The molecule has 0 saturated heterocycles. The molecule has 5 heteroatoms. The third kappa shape index (κ3) is 3.03. The van der Waals surface area contributed by atoms with Crippen LogP contribution in [0.15, 0.2) is 52.9 Å². The van der Waals surface area contributed by atoms with Gasteiger partial charge in [0.25, 0.3) is 0 Å². The number of hydrogen-bond acceptors (Lipinski definition) is 4. The Bertz CT molecular complexity index is 658. The van der Waals surface area contributed by atoms with Gasteiger partial charge in [0, 0.05) is 17.3 Å². The van der Waals surface area contributed by atoms with Crippen LogP contribution in [-0.4, -0.2) is 24.2 Å². The van der Waals surface area contributed by atoms with E-state index in [1.165, 1.54) is 7.11 Å². The van der Waals surface area contributed by atoms with Crippen molar-refractivity contribution in [1.29, 1.82) is 0 Å². The molecule has 0 aromatic heterocycles. The van der Waals surface area contributed by atoms with Crippen LogP contribution in [0.5, 0.6) is 0 Å². The predicted molar refractivity (Wildman–Crippen MR) is 81.8 cm³/mol. The molecule has 0 saturated carbocycles. The van der Waals surface area contributed by atoms with Gasteiger partial charge in [-0.2, -0.15) is 0 Å². The number of nitrogens with one attached hydrogen (secondary N) is 1. The van der Waals surface area contributed by atoms with Crippen molar-refractivity contribution in [2.75, 3.05) is 7.11 Å². The number of allylic oxidation sites excluding steroid dienone is 2. The highest BCUT2D eigenvalue weighted by molar-refractivity contribution is 5.97. The summed E-state index contributed by atoms with van der Waals surface area (Å²) in [6.45, 7) is 3.46. The van der Waals surface area contributed by atoms with Crippen LogP contribution < -0.4 is 5.32 Å². The molecule has 1 aliphatic heterocycles. The third-order valence-corrected chi connectivity index (χ3v) is 3.80. The van der Waals surface area contributed by atoms with Crippen molar-refractivity contribution < 1.29 is 19.4 Å². The number of carbonyl (C=O) groups is 2. The number of aliphatic carboxylic acids is 1. The average Bonchev–Trinajstić information content (AvgIpc) is 2.47. The summed E-state index contributed by atoms with van der Waals surface area (Å²) < 4.78 is 4.84. The summed E-state index contributed by atoms with van der Waals surface area (Å²) in [5.41, 5.74) is 2.73. The molecular formula is C17H19NO4. The number of rotatable bonds is 4. The molecule has 0 amide bonds. The maximum absolute atomic E-state index is 12.1. The zero-order valence-electron chi connectivity index (χ0n) is 12.8. The van der Waals surface area contributed by atoms with Crippen molar-refractivity contribution in [2.45, 2.75) is 20.3 Å². The van der Waals surface area contributed by atoms with Crippen molar-refractivity contribution >= 4 is 11.9 Å². The van der Waals surface area contributed by atoms with E-state index in [1.807, 2.05) is 30.3 Å². The molecule has 0 fully saturated rings. The van der Waals surface area contributed by atoms with Gasteiger partial charge in [-0.3, -0.25) is 0 Å². The van der Waals surface area contributed by atoms with Gasteiger partial charge >= 0.3 is 11.9 Å². The number of esters is 1. The molecule has 22 heavy (non-hydrogen) atoms. The van der Waals surface area contributed by atoms with E-state index in [0.717, 1.165) is 5.56 Å². The van der Waals surface area contributed by atoms with Crippen LogP contribution >= 0.6 is 0 Å². The lowest BCUT2D eigenvalue weighted by Crippen LogP contribution is -2.33. The predicted octanol–water partition coefficient (Wildman–Crippen LogP) is 2.25. The van der Waals surface area contributed by atoms with Gasteiger partial charge < -0.3 is 15.2 Å². The first-order valence-electron chi connectivity index (χ1n) is 6.99. The molecule has 1 atom stereocenters. The molecule has 2 N–H and O–H groups in total. The second kappa shape index (κ2) is 6.47. The van der Waals surface area contributed by atoms with Crippen LogP contribution in [0.3, 0.4) is 0 Å². The Labute approximate surface area is 129 Å². The van der Waals surface area contributed by atoms with Gasteiger partial charge in [-0.25, -0.2) is 9.59 Å². The Hall–Kier alpha value is -2.56. The first-order valence-corrected chi connectivity index (χ1v) is 6.99. The van der Waals surface area contributed by atoms with Gasteiger partial charge in [0.15, 0.2) is 0 Å². The molecule has 116 valence electrons. The van der Waals surface area contributed by atoms with E-state index in [9.17, 15) is 14.7 Å². The number of dihydropyridines is 1. The normalized spacial score (nSPS) is 18.0. The summed E-state index contributed by atoms with van der Waals surface area (Å²) in [5, 5.41) is 12.5. The van der Waals surface area contributed by atoms with Gasteiger partial charge in [0.05, 0.1) is 18.3 Å². The van der Waals surface area contributed by atoms with E-state index in [1.54, 1.807) is 13.8 Å². The van der Waals surface area contributed by atoms with Crippen LogP contribution in [0, 0.1) is 5.92 Å². The lowest BCUT2D eigenvalue weighted by molar-refractivity contribution is -0.136. The van der Waals surface area contributed by atoms with Crippen LogP contribution in [0.25, 0.3) is 0 Å². The van der Waals surface area contributed by atoms with Crippen molar-refractivity contribution in [3.05, 3.63) is 58.4 Å². The summed E-state index contributed by atoms with van der Waals surface area (Å²) in [6, 6.07) is 9.51. The van der Waals surface area contributed by atoms with Crippen LogP contribution in [0.1, 0.15) is 19.4 Å². The first kappa shape index (κ1) is 15.8. The fourth-order valence-corrected chi connectivity index (χ4v) is 2.85. The highest BCUT2D eigenvalue weighted by Gasteiger charge is 2.35. The minimum atomic E-state index is -1.03. The number of hydrogen-bond donors (Lipinski definition) is 2. The topological polar surface area (TPSA) is 75.6 Å². The van der Waals surface area contributed by atoms with Crippen molar-refractivity contribution in [2.24, 2.45) is 5.92 Å². The minimum absolute atomic E-state index is 0.204. The molecule has 0 aliphatic carbocycles. The van der Waals surface area contributed by atoms with Gasteiger partial charge in [0.1, 0.15) is 0 Å². The number of carboxylic acid groups (broad SMARTS) is 1. The number of carboxylic acids is 1. The monoisotopic (exact) mass is 301 g/mol. The van der Waals surface area contributed by atoms with Gasteiger partial charge in [-0.15, -0.1) is 0 Å². The Morgan fingerprint density at radius 1 is 1.14 bits per heavy atom. The molecule has 1 aromatic rings. The summed E-state index contributed by atoms with van der Waals surface area (Å²) in [7, 11) is 1.30. The molecule has 1 aliphatic rings.